The summed E-state index contributed by atoms with van der Waals surface area (Å²) < 4.78 is 5.45. The molecule has 9 nitrogen and oxygen atoms in total. The van der Waals surface area contributed by atoms with Gasteiger partial charge >= 0.3 is 0 Å². The predicted octanol–water partition coefficient (Wildman–Crippen LogP) is -1.03. The fraction of sp³-hybridized carbons (Fsp3) is 0.381. The van der Waals surface area contributed by atoms with Gasteiger partial charge < -0.3 is 35.6 Å². The number of benzene rings is 1. The number of aromatic amines is 1. The van der Waals surface area contributed by atoms with Crippen molar-refractivity contribution < 1.29 is 30.3 Å². The molecule has 9 heteroatoms. The maximum absolute atomic E-state index is 10.2. The summed E-state index contributed by atoms with van der Waals surface area (Å²) in [6.07, 6.45) is -2.04. The Bertz CT molecular complexity index is 1060. The summed E-state index contributed by atoms with van der Waals surface area (Å²) >= 11 is 0. The van der Waals surface area contributed by atoms with Crippen LogP contribution in [0.3, 0.4) is 0 Å². The zero-order valence-corrected chi connectivity index (χ0v) is 16.1. The van der Waals surface area contributed by atoms with Crippen LogP contribution in [0.15, 0.2) is 36.2 Å². The van der Waals surface area contributed by atoms with Gasteiger partial charge in [0.25, 0.3) is 0 Å². The molecular weight excluding hydrogens is 390 g/mol. The number of rotatable bonds is 2. The van der Waals surface area contributed by atoms with Gasteiger partial charge in [-0.3, -0.25) is 5.10 Å². The lowest BCUT2D eigenvalue weighted by Crippen LogP contribution is -2.58. The molecule has 1 saturated heterocycles. The van der Waals surface area contributed by atoms with E-state index in [1.807, 2.05) is 25.1 Å². The van der Waals surface area contributed by atoms with Crippen molar-refractivity contribution >= 4 is 16.5 Å². The van der Waals surface area contributed by atoms with E-state index in [2.05, 4.69) is 27.4 Å². The predicted molar refractivity (Wildman–Crippen MR) is 108 cm³/mol. The monoisotopic (exact) mass is 413 g/mol. The highest BCUT2D eigenvalue weighted by molar-refractivity contribution is 5.90. The number of hydrogen-bond acceptors (Lipinski definition) is 8. The van der Waals surface area contributed by atoms with Crippen LogP contribution < -0.4 is 5.32 Å². The van der Waals surface area contributed by atoms with E-state index in [4.69, 9.17) is 4.74 Å². The Kier molecular flexibility index (Phi) is 5.62. The summed E-state index contributed by atoms with van der Waals surface area (Å²) in [6.45, 7) is 1.35. The van der Waals surface area contributed by atoms with E-state index in [0.717, 1.165) is 22.2 Å². The topological polar surface area (TPSA) is 151 Å². The van der Waals surface area contributed by atoms with Crippen molar-refractivity contribution in [2.45, 2.75) is 43.7 Å². The minimum Gasteiger partial charge on any atom is -0.394 e. The van der Waals surface area contributed by atoms with Gasteiger partial charge in [-0.15, -0.1) is 0 Å². The quantitative estimate of drug-likeness (QED) is 0.309. The second kappa shape index (κ2) is 8.20. The number of dihydropyridines is 1. The normalized spacial score (nSPS) is 31.4. The minimum absolute atomic E-state index is 0.512. The molecule has 4 rings (SSSR count). The Labute approximate surface area is 172 Å². The largest absolute Gasteiger partial charge is 0.394 e. The van der Waals surface area contributed by atoms with Gasteiger partial charge in [0.2, 0.25) is 0 Å². The number of H-pyrrole nitrogens is 1. The second-order valence-corrected chi connectivity index (χ2v) is 7.36. The smallest absolute Gasteiger partial charge is 0.147 e. The number of fused-ring (bicyclic) bond motifs is 1. The summed E-state index contributed by atoms with van der Waals surface area (Å²) in [4.78, 5) is 0. The molecule has 1 fully saturated rings. The molecule has 6 atom stereocenters. The summed E-state index contributed by atoms with van der Waals surface area (Å²) in [5.41, 5.74) is 3.84. The van der Waals surface area contributed by atoms with E-state index in [1.54, 1.807) is 12.3 Å². The average Bonchev–Trinajstić information content (AvgIpc) is 3.20. The number of aliphatic hydroxyl groups is 5. The van der Waals surface area contributed by atoms with E-state index in [0.29, 0.717) is 11.1 Å². The molecule has 3 heterocycles. The Morgan fingerprint density at radius 1 is 1.13 bits per heavy atom. The van der Waals surface area contributed by atoms with E-state index in [-0.39, 0.29) is 0 Å². The van der Waals surface area contributed by atoms with Crippen LogP contribution in [0.25, 0.3) is 16.5 Å². The molecule has 0 aliphatic carbocycles. The third-order valence-electron chi connectivity index (χ3n) is 5.31. The number of nitrogens with one attached hydrogen (secondary N) is 2. The molecule has 158 valence electrons. The highest BCUT2D eigenvalue weighted by atomic mass is 16.5. The lowest BCUT2D eigenvalue weighted by molar-refractivity contribution is -0.214. The van der Waals surface area contributed by atoms with E-state index < -0.39 is 43.4 Å². The third-order valence-corrected chi connectivity index (χ3v) is 5.31. The molecule has 1 unspecified atom stereocenters. The first-order valence-electron chi connectivity index (χ1n) is 9.52. The van der Waals surface area contributed by atoms with Crippen molar-refractivity contribution in [3.63, 3.8) is 0 Å². The molecule has 30 heavy (non-hydrogen) atoms. The third kappa shape index (κ3) is 3.73. The van der Waals surface area contributed by atoms with Gasteiger partial charge in [0.1, 0.15) is 36.7 Å². The number of aliphatic hydroxyl groups excluding tert-OH is 5. The molecule has 7 N–H and O–H groups in total. The maximum Gasteiger partial charge on any atom is 0.147 e. The molecule has 2 aliphatic heterocycles. The second-order valence-electron chi connectivity index (χ2n) is 7.36. The van der Waals surface area contributed by atoms with Crippen molar-refractivity contribution in [2.24, 2.45) is 0 Å². The fourth-order valence-electron chi connectivity index (χ4n) is 3.65. The average molecular weight is 413 g/mol. The molecule has 0 bridgehead atoms. The van der Waals surface area contributed by atoms with Crippen LogP contribution in [0, 0.1) is 11.8 Å². The van der Waals surface area contributed by atoms with Crippen molar-refractivity contribution in [3.8, 4) is 11.8 Å². The van der Waals surface area contributed by atoms with E-state index in [9.17, 15) is 25.5 Å². The van der Waals surface area contributed by atoms with E-state index >= 15 is 0 Å². The first kappa shape index (κ1) is 20.6. The summed E-state index contributed by atoms with van der Waals surface area (Å²) in [5.74, 6) is 5.75. The van der Waals surface area contributed by atoms with Crippen molar-refractivity contribution in [1.82, 2.24) is 15.5 Å². The zero-order valence-electron chi connectivity index (χ0n) is 16.1. The number of ether oxygens (including phenoxy) is 1. The van der Waals surface area contributed by atoms with Crippen molar-refractivity contribution in [3.05, 3.63) is 47.3 Å². The molecule has 0 amide bonds. The summed E-state index contributed by atoms with van der Waals surface area (Å²) in [5, 5.41) is 59.9. The lowest BCUT2D eigenvalue weighted by atomic mass is 9.94. The van der Waals surface area contributed by atoms with Gasteiger partial charge in [-0.2, -0.15) is 5.10 Å². The van der Waals surface area contributed by atoms with Crippen LogP contribution in [0.4, 0.5) is 0 Å². The standard InChI is InChI=1S/C21H23N3O6/c1-10-14(3-5-17(26)23-10)12-6-11(18-13(7-12)8-22-24-18)2-4-15-19(27)21(29)20(28)16(9-25)30-15/h3,5-8,15-17,19-21,23,25-29H,9H2,1H3,(H,22,24)/t15-,16-,17?,19-,20-,21-/m1/s1. The molecule has 2 aromatic rings. The van der Waals surface area contributed by atoms with Crippen LogP contribution in [0.1, 0.15) is 18.1 Å². The highest BCUT2D eigenvalue weighted by Gasteiger charge is 2.42. The number of allylic oxidation sites excluding steroid dienone is 3. The van der Waals surface area contributed by atoms with Crippen LogP contribution in [0.5, 0.6) is 0 Å². The minimum atomic E-state index is -1.48. The zero-order chi connectivity index (χ0) is 21.4. The number of nitrogens with zero attached hydrogens (tertiary/aromatic N) is 1. The van der Waals surface area contributed by atoms with Crippen LogP contribution in [-0.2, 0) is 4.74 Å². The van der Waals surface area contributed by atoms with Crippen molar-refractivity contribution in [2.75, 3.05) is 6.61 Å². The molecule has 1 aromatic heterocycles. The first-order chi connectivity index (χ1) is 14.4. The van der Waals surface area contributed by atoms with Gasteiger partial charge in [-0.25, -0.2) is 0 Å². The Hall–Kier alpha value is -2.71. The summed E-state index contributed by atoms with van der Waals surface area (Å²) in [7, 11) is 0. The van der Waals surface area contributed by atoms with Gasteiger partial charge in [0.15, 0.2) is 0 Å². The summed E-state index contributed by atoms with van der Waals surface area (Å²) in [6, 6.07) is 3.79. The van der Waals surface area contributed by atoms with Crippen LogP contribution in [-0.4, -0.2) is 79.1 Å². The van der Waals surface area contributed by atoms with Gasteiger partial charge in [-0.05, 0) is 30.7 Å². The van der Waals surface area contributed by atoms with Crippen molar-refractivity contribution in [1.29, 1.82) is 0 Å². The highest BCUT2D eigenvalue weighted by Crippen LogP contribution is 2.28. The molecule has 0 radical (unpaired) electrons. The number of aromatic nitrogens is 2. The van der Waals surface area contributed by atoms with Crippen LogP contribution in [0.2, 0.25) is 0 Å². The van der Waals surface area contributed by atoms with Gasteiger partial charge in [0.05, 0.1) is 23.9 Å². The SMILES string of the molecule is CC1=C(c2cc(C#C[C@H]3O[C@H](CO)[C@@H](O)[C@H](O)[C@@H]3O)c3[nH]ncc3c2)C=CC(O)N1. The molecular formula is C21H23N3O6. The lowest BCUT2D eigenvalue weighted by Gasteiger charge is -2.37. The first-order valence-corrected chi connectivity index (χ1v) is 9.52. The van der Waals surface area contributed by atoms with Crippen LogP contribution >= 0.6 is 0 Å². The Balaban J connectivity index is 1.71. The maximum atomic E-state index is 10.2. The van der Waals surface area contributed by atoms with Gasteiger partial charge in [-0.1, -0.05) is 17.9 Å². The Morgan fingerprint density at radius 2 is 1.93 bits per heavy atom. The van der Waals surface area contributed by atoms with Gasteiger partial charge in [0, 0.05) is 16.7 Å². The molecule has 0 saturated carbocycles. The fourth-order valence-corrected chi connectivity index (χ4v) is 3.65. The Morgan fingerprint density at radius 3 is 2.67 bits per heavy atom. The number of hydrogen-bond donors (Lipinski definition) is 7. The van der Waals surface area contributed by atoms with E-state index in [1.165, 1.54) is 0 Å². The molecule has 1 aromatic carbocycles. The molecule has 2 aliphatic rings. The molecule has 0 spiro atoms.